The van der Waals surface area contributed by atoms with Gasteiger partial charge in [-0.25, -0.2) is 14.2 Å². The number of benzene rings is 2. The summed E-state index contributed by atoms with van der Waals surface area (Å²) in [6.45, 7) is 6.24. The van der Waals surface area contributed by atoms with Crippen LogP contribution in [-0.2, 0) is 9.53 Å². The maximum absolute atomic E-state index is 13.5. The third-order valence-corrected chi connectivity index (χ3v) is 6.44. The van der Waals surface area contributed by atoms with E-state index < -0.39 is 11.7 Å². The molecule has 1 fully saturated rings. The van der Waals surface area contributed by atoms with Crippen molar-refractivity contribution >= 4 is 34.5 Å². The van der Waals surface area contributed by atoms with Crippen molar-refractivity contribution in [2.75, 3.05) is 17.6 Å². The zero-order valence-electron chi connectivity index (χ0n) is 18.8. The average Bonchev–Trinajstić information content (AvgIpc) is 2.77. The first-order valence-electron chi connectivity index (χ1n) is 10.9. The number of fused-ring (bicyclic) bond motifs is 1. The van der Waals surface area contributed by atoms with Gasteiger partial charge in [-0.3, -0.25) is 4.79 Å². The second-order valence-electron chi connectivity index (χ2n) is 8.24. The first-order chi connectivity index (χ1) is 15.8. The molecule has 2 heterocycles. The van der Waals surface area contributed by atoms with Crippen LogP contribution >= 0.6 is 11.8 Å². The van der Waals surface area contributed by atoms with Gasteiger partial charge in [-0.2, -0.15) is 0 Å². The van der Waals surface area contributed by atoms with Crippen molar-refractivity contribution in [3.05, 3.63) is 76.7 Å². The number of carbonyl (C=O) groups is 2. The summed E-state index contributed by atoms with van der Waals surface area (Å²) in [7, 11) is 0. The zero-order valence-corrected chi connectivity index (χ0v) is 19.6. The number of hydrogen-bond acceptors (Lipinski definition) is 6. The molecular weight excluding hydrogens is 441 g/mol. The van der Waals surface area contributed by atoms with Crippen LogP contribution in [0.2, 0.25) is 0 Å². The maximum Gasteiger partial charge on any atom is 0.338 e. The van der Waals surface area contributed by atoms with E-state index >= 15 is 0 Å². The van der Waals surface area contributed by atoms with Gasteiger partial charge >= 0.3 is 5.97 Å². The van der Waals surface area contributed by atoms with Gasteiger partial charge in [0, 0.05) is 23.5 Å². The van der Waals surface area contributed by atoms with Gasteiger partial charge in [0.15, 0.2) is 5.17 Å². The number of rotatable bonds is 5. The Kier molecular flexibility index (Phi) is 6.83. The molecule has 0 aromatic heterocycles. The summed E-state index contributed by atoms with van der Waals surface area (Å²) in [6.07, 6.45) is 0.721. The number of hydrogen-bond donors (Lipinski definition) is 1. The Morgan fingerprint density at radius 3 is 2.76 bits per heavy atom. The van der Waals surface area contributed by atoms with E-state index in [1.54, 1.807) is 23.9 Å². The molecule has 1 amide bonds. The first-order valence-corrected chi connectivity index (χ1v) is 11.9. The third-order valence-electron chi connectivity index (χ3n) is 5.37. The van der Waals surface area contributed by atoms with Crippen LogP contribution in [0.4, 0.5) is 10.1 Å². The monoisotopic (exact) mass is 467 g/mol. The molecule has 2 aromatic carbocycles. The van der Waals surface area contributed by atoms with Crippen molar-refractivity contribution in [3.8, 4) is 0 Å². The number of nitrogens with one attached hydrogen (secondary N) is 1. The van der Waals surface area contributed by atoms with Crippen LogP contribution < -0.4 is 5.32 Å². The minimum Gasteiger partial charge on any atom is -0.459 e. The van der Waals surface area contributed by atoms with Crippen molar-refractivity contribution in [1.82, 2.24) is 4.90 Å². The molecule has 33 heavy (non-hydrogen) atoms. The lowest BCUT2D eigenvalue weighted by Crippen LogP contribution is -2.42. The Hall–Kier alpha value is -3.13. The number of anilines is 1. The number of halogens is 1. The zero-order chi connectivity index (χ0) is 23.5. The van der Waals surface area contributed by atoms with Crippen LogP contribution in [-0.4, -0.2) is 40.3 Å². The summed E-state index contributed by atoms with van der Waals surface area (Å²) in [5, 5.41) is 3.72. The minimum atomic E-state index is -0.470. The van der Waals surface area contributed by atoms with E-state index in [1.807, 2.05) is 39.0 Å². The number of aliphatic imine (C=N–C) groups is 1. The summed E-state index contributed by atoms with van der Waals surface area (Å²) in [6, 6.07) is 12.6. The number of thioether (sulfide) groups is 1. The maximum atomic E-state index is 13.5. The molecule has 4 rings (SSSR count). The van der Waals surface area contributed by atoms with E-state index in [1.165, 1.54) is 18.2 Å². The van der Waals surface area contributed by atoms with Gasteiger partial charge < -0.3 is 15.0 Å². The summed E-state index contributed by atoms with van der Waals surface area (Å²) in [4.78, 5) is 32.5. The molecule has 6 nitrogen and oxygen atoms in total. The lowest BCUT2D eigenvalue weighted by atomic mass is 9.94. The SMILES string of the molecule is CC1=C(C(=O)OC(C)C)C(c2cccc(NC(=O)c3cccc(F)c3)c2)N2CCCSC2=N1. The quantitative estimate of drug-likeness (QED) is 0.616. The first kappa shape index (κ1) is 23.0. The van der Waals surface area contributed by atoms with Gasteiger partial charge in [-0.1, -0.05) is 30.0 Å². The number of amides is 1. The fraction of sp³-hybridized carbons (Fsp3) is 0.320. The van der Waals surface area contributed by atoms with Crippen molar-refractivity contribution in [1.29, 1.82) is 0 Å². The fourth-order valence-corrected chi connectivity index (χ4v) is 4.99. The summed E-state index contributed by atoms with van der Waals surface area (Å²) < 4.78 is 19.1. The highest BCUT2D eigenvalue weighted by Gasteiger charge is 2.38. The highest BCUT2D eigenvalue weighted by atomic mass is 32.2. The molecule has 0 radical (unpaired) electrons. The molecule has 172 valence electrons. The third kappa shape index (κ3) is 5.11. The molecule has 0 bridgehead atoms. The number of amidine groups is 1. The lowest BCUT2D eigenvalue weighted by Gasteiger charge is -2.40. The average molecular weight is 468 g/mol. The Balaban J connectivity index is 1.68. The van der Waals surface area contributed by atoms with Gasteiger partial charge in [-0.05, 0) is 63.1 Å². The van der Waals surface area contributed by atoms with Crippen LogP contribution in [0.5, 0.6) is 0 Å². The minimum absolute atomic E-state index is 0.233. The second-order valence-corrected chi connectivity index (χ2v) is 9.30. The van der Waals surface area contributed by atoms with Crippen LogP contribution in [0.1, 0.15) is 49.2 Å². The van der Waals surface area contributed by atoms with Crippen molar-refractivity contribution in [3.63, 3.8) is 0 Å². The van der Waals surface area contributed by atoms with E-state index in [2.05, 4.69) is 15.2 Å². The number of nitrogens with zero attached hydrogens (tertiary/aromatic N) is 2. The van der Waals surface area contributed by atoms with Gasteiger partial charge in [-0.15, -0.1) is 0 Å². The van der Waals surface area contributed by atoms with Gasteiger partial charge in [0.05, 0.1) is 23.4 Å². The van der Waals surface area contributed by atoms with Crippen LogP contribution in [0.15, 0.2) is 64.8 Å². The Morgan fingerprint density at radius 1 is 1.21 bits per heavy atom. The molecule has 1 saturated heterocycles. The molecule has 2 aliphatic rings. The predicted octanol–water partition coefficient (Wildman–Crippen LogP) is 5.15. The smallest absolute Gasteiger partial charge is 0.338 e. The van der Waals surface area contributed by atoms with Crippen LogP contribution in [0, 0.1) is 5.82 Å². The van der Waals surface area contributed by atoms with E-state index in [-0.39, 0.29) is 23.7 Å². The number of allylic oxidation sites excluding steroid dienone is 1. The highest BCUT2D eigenvalue weighted by molar-refractivity contribution is 8.13. The summed E-state index contributed by atoms with van der Waals surface area (Å²) in [5.74, 6) is -0.288. The summed E-state index contributed by atoms with van der Waals surface area (Å²) >= 11 is 1.67. The molecule has 1 N–H and O–H groups in total. The Labute approximate surface area is 196 Å². The second kappa shape index (κ2) is 9.79. The predicted molar refractivity (Wildman–Crippen MR) is 129 cm³/mol. The van der Waals surface area contributed by atoms with Crippen molar-refractivity contribution < 1.29 is 18.7 Å². The summed E-state index contributed by atoms with van der Waals surface area (Å²) in [5.41, 5.74) is 2.78. The molecule has 2 aromatic rings. The molecule has 1 unspecified atom stereocenters. The van der Waals surface area contributed by atoms with Crippen LogP contribution in [0.3, 0.4) is 0 Å². The van der Waals surface area contributed by atoms with Gasteiger partial charge in [0.25, 0.3) is 5.91 Å². The molecule has 0 spiro atoms. The lowest BCUT2D eigenvalue weighted by molar-refractivity contribution is -0.143. The molecule has 1 atom stereocenters. The van der Waals surface area contributed by atoms with E-state index in [0.29, 0.717) is 17.0 Å². The van der Waals surface area contributed by atoms with Crippen molar-refractivity contribution in [2.45, 2.75) is 39.3 Å². The number of ether oxygens (including phenoxy) is 1. The fourth-order valence-electron chi connectivity index (χ4n) is 3.97. The Bertz CT molecular complexity index is 1150. The van der Waals surface area contributed by atoms with Gasteiger partial charge in [0.2, 0.25) is 0 Å². The van der Waals surface area contributed by atoms with E-state index in [4.69, 9.17) is 4.74 Å². The molecule has 2 aliphatic heterocycles. The van der Waals surface area contributed by atoms with E-state index in [0.717, 1.165) is 29.4 Å². The standard InChI is InChI=1S/C25H26FN3O3S/c1-15(2)32-24(31)21-16(3)27-25-29(11-6-12-33-25)22(21)17-7-5-10-20(14-17)28-23(30)18-8-4-9-19(26)13-18/h4-5,7-10,13-15,22H,6,11-12H2,1-3H3,(H,28,30). The number of esters is 1. The molecule has 0 aliphatic carbocycles. The van der Waals surface area contributed by atoms with Gasteiger partial charge in [0.1, 0.15) is 5.82 Å². The number of carbonyl (C=O) groups excluding carboxylic acids is 2. The molecular formula is C25H26FN3O3S. The van der Waals surface area contributed by atoms with Crippen molar-refractivity contribution in [2.24, 2.45) is 4.99 Å². The Morgan fingerprint density at radius 2 is 2.00 bits per heavy atom. The molecule has 0 saturated carbocycles. The van der Waals surface area contributed by atoms with Crippen LogP contribution in [0.25, 0.3) is 0 Å². The highest BCUT2D eigenvalue weighted by Crippen LogP contribution is 2.40. The van der Waals surface area contributed by atoms with E-state index in [9.17, 15) is 14.0 Å². The molecule has 8 heteroatoms. The normalized spacial score (nSPS) is 18.0. The largest absolute Gasteiger partial charge is 0.459 e. The topological polar surface area (TPSA) is 71.0 Å².